The van der Waals surface area contributed by atoms with E-state index in [4.69, 9.17) is 16.2 Å². The van der Waals surface area contributed by atoms with Gasteiger partial charge in [0, 0.05) is 5.69 Å². The largest absolute Gasteiger partial charge is 1.00 e. The Bertz CT molecular complexity index is 450. The highest BCUT2D eigenvalue weighted by Crippen LogP contribution is 2.10. The molecule has 1 amide bonds. The Hall–Kier alpha value is -1.73. The van der Waals surface area contributed by atoms with E-state index < -0.39 is 5.97 Å². The molecule has 1 aromatic rings. The summed E-state index contributed by atoms with van der Waals surface area (Å²) in [6.07, 6.45) is 0. The van der Waals surface area contributed by atoms with Crippen LogP contribution in [0.2, 0.25) is 0 Å². The summed E-state index contributed by atoms with van der Waals surface area (Å²) in [7, 11) is 0. The van der Waals surface area contributed by atoms with Gasteiger partial charge in [0.1, 0.15) is 0 Å². The van der Waals surface area contributed by atoms with Gasteiger partial charge in [-0.3, -0.25) is 15.9 Å². The van der Waals surface area contributed by atoms with Crippen LogP contribution in [0.3, 0.4) is 0 Å². The molecule has 0 atom stereocenters. The maximum absolute atomic E-state index is 11.4. The summed E-state index contributed by atoms with van der Waals surface area (Å²) in [6.45, 7) is 0. The van der Waals surface area contributed by atoms with Crippen LogP contribution < -0.4 is 28.9 Å². The zero-order valence-corrected chi connectivity index (χ0v) is 10.8. The minimum absolute atomic E-state index is 0. The smallest absolute Gasteiger partial charge is 0.335 e. The molecule has 0 aliphatic carbocycles. The predicted molar refractivity (Wildman–Crippen MR) is 65.6 cm³/mol. The highest BCUT2D eigenvalue weighted by molar-refractivity contribution is 8.14. The number of carbonyl (C=O) groups is 2. The van der Waals surface area contributed by atoms with Gasteiger partial charge in [-0.1, -0.05) is 0 Å². The van der Waals surface area contributed by atoms with Gasteiger partial charge in [-0.15, -0.1) is 0 Å². The van der Waals surface area contributed by atoms with Gasteiger partial charge in [0.25, 0.3) is 5.17 Å². The third-order valence-electron chi connectivity index (χ3n) is 1.79. The fourth-order valence-electron chi connectivity index (χ4n) is 1.04. The van der Waals surface area contributed by atoms with E-state index >= 15 is 0 Å². The van der Waals surface area contributed by atoms with E-state index in [0.717, 1.165) is 11.8 Å². The molecular weight excluding hydrogens is 278 g/mol. The van der Waals surface area contributed by atoms with Gasteiger partial charge in [-0.05, 0) is 36.0 Å². The number of carboxylic acid groups (broad SMARTS) is 1. The summed E-state index contributed by atoms with van der Waals surface area (Å²) in [6, 6.07) is 5.85. The van der Waals surface area contributed by atoms with E-state index in [1.54, 1.807) is 0 Å². The molecular formula is C10H12ClN3O3S. The molecule has 0 saturated carbocycles. The summed E-state index contributed by atoms with van der Waals surface area (Å²) < 4.78 is 0. The van der Waals surface area contributed by atoms with Gasteiger partial charge < -0.3 is 22.8 Å². The van der Waals surface area contributed by atoms with Crippen LogP contribution in [-0.4, -0.2) is 27.9 Å². The fraction of sp³-hybridized carbons (Fsp3) is 0.100. The number of amidine groups is 1. The molecule has 6 nitrogen and oxygen atoms in total. The summed E-state index contributed by atoms with van der Waals surface area (Å²) in [4.78, 5) is 22.0. The van der Waals surface area contributed by atoms with Crippen LogP contribution in [0.1, 0.15) is 10.4 Å². The highest BCUT2D eigenvalue weighted by atomic mass is 35.5. The number of rotatable bonds is 4. The van der Waals surface area contributed by atoms with Gasteiger partial charge >= 0.3 is 5.97 Å². The molecule has 0 aromatic heterocycles. The average molecular weight is 290 g/mol. The Kier molecular flexibility index (Phi) is 6.84. The summed E-state index contributed by atoms with van der Waals surface area (Å²) in [5.74, 6) is -1.15. The lowest BCUT2D eigenvalue weighted by molar-refractivity contribution is -0.114. The number of thioether (sulfide) groups is 1. The van der Waals surface area contributed by atoms with Gasteiger partial charge in [-0.25, -0.2) is 4.79 Å². The van der Waals surface area contributed by atoms with Gasteiger partial charge in [0.05, 0.1) is 11.3 Å². The third kappa shape index (κ3) is 5.55. The highest BCUT2D eigenvalue weighted by Gasteiger charge is 2.07. The van der Waals surface area contributed by atoms with Crippen LogP contribution in [0, 0.1) is 0 Å². The van der Waals surface area contributed by atoms with Crippen molar-refractivity contribution < 1.29 is 32.5 Å². The third-order valence-corrected chi connectivity index (χ3v) is 2.53. The minimum atomic E-state index is -1.01. The van der Waals surface area contributed by atoms with Crippen LogP contribution >= 0.6 is 11.8 Å². The number of hydrogen-bond acceptors (Lipinski definition) is 3. The SMILES string of the molecule is NC(=[NH2+])SCC(=O)Nc1ccc(C(=O)O)cc1.[Cl-]. The van der Waals surface area contributed by atoms with Gasteiger partial charge in [-0.2, -0.15) is 0 Å². The lowest BCUT2D eigenvalue weighted by Gasteiger charge is -2.03. The summed E-state index contributed by atoms with van der Waals surface area (Å²) >= 11 is 1.03. The van der Waals surface area contributed by atoms with Crippen LogP contribution in [0.5, 0.6) is 0 Å². The predicted octanol–water partition coefficient (Wildman–Crippen LogP) is -3.87. The number of carboxylic acids is 1. The number of carbonyl (C=O) groups excluding carboxylic acids is 1. The lowest BCUT2D eigenvalue weighted by Crippen LogP contribution is -3.00. The van der Waals surface area contributed by atoms with Crippen molar-refractivity contribution >= 4 is 34.5 Å². The molecule has 18 heavy (non-hydrogen) atoms. The van der Waals surface area contributed by atoms with Crippen molar-refractivity contribution in [1.29, 1.82) is 0 Å². The van der Waals surface area contributed by atoms with Crippen LogP contribution in [-0.2, 0) is 4.79 Å². The number of nitrogens with two attached hydrogens (primary N) is 2. The maximum Gasteiger partial charge on any atom is 0.335 e. The second-order valence-electron chi connectivity index (χ2n) is 3.12. The average Bonchev–Trinajstić information content (AvgIpc) is 2.27. The standard InChI is InChI=1S/C10H11N3O3S.ClH/c11-10(12)17-5-8(14)13-7-3-1-6(2-4-7)9(15)16;/h1-4H,5H2,(H3,11,12)(H,13,14)(H,15,16);1H. The first-order chi connectivity index (χ1) is 7.99. The minimum Gasteiger partial charge on any atom is -1.00 e. The Balaban J connectivity index is 0.00000289. The van der Waals surface area contributed by atoms with E-state index in [1.165, 1.54) is 24.3 Å². The molecule has 0 unspecified atom stereocenters. The zero-order valence-electron chi connectivity index (χ0n) is 9.22. The first-order valence-corrected chi connectivity index (χ1v) is 5.61. The van der Waals surface area contributed by atoms with E-state index in [2.05, 4.69) is 5.32 Å². The van der Waals surface area contributed by atoms with E-state index in [9.17, 15) is 9.59 Å². The topological polar surface area (TPSA) is 118 Å². The fourth-order valence-corrected chi connectivity index (χ4v) is 1.41. The summed E-state index contributed by atoms with van der Waals surface area (Å²) in [5.41, 5.74) is 5.89. The number of anilines is 1. The van der Waals surface area contributed by atoms with Crippen molar-refractivity contribution in [3.8, 4) is 0 Å². The number of benzene rings is 1. The summed E-state index contributed by atoms with van der Waals surface area (Å²) in [5, 5.41) is 16.6. The molecule has 1 aromatic carbocycles. The van der Waals surface area contributed by atoms with Crippen molar-refractivity contribution in [2.45, 2.75) is 0 Å². The van der Waals surface area contributed by atoms with Crippen molar-refractivity contribution in [3.63, 3.8) is 0 Å². The van der Waals surface area contributed by atoms with Crippen LogP contribution in [0.25, 0.3) is 0 Å². The molecule has 98 valence electrons. The Morgan fingerprint density at radius 3 is 2.33 bits per heavy atom. The zero-order chi connectivity index (χ0) is 12.8. The first-order valence-electron chi connectivity index (χ1n) is 4.63. The molecule has 6 N–H and O–H groups in total. The van der Waals surface area contributed by atoms with Crippen molar-refractivity contribution in [1.82, 2.24) is 0 Å². The van der Waals surface area contributed by atoms with Crippen LogP contribution in [0.4, 0.5) is 5.69 Å². The molecule has 0 aliphatic heterocycles. The normalized spacial score (nSPS) is 9.11. The molecule has 0 spiro atoms. The molecule has 0 fully saturated rings. The van der Waals surface area contributed by atoms with Crippen molar-refractivity contribution in [2.75, 3.05) is 11.1 Å². The van der Waals surface area contributed by atoms with Crippen molar-refractivity contribution in [2.24, 2.45) is 5.73 Å². The molecule has 0 saturated heterocycles. The quantitative estimate of drug-likeness (QED) is 0.334. The molecule has 0 aliphatic rings. The lowest BCUT2D eigenvalue weighted by atomic mass is 10.2. The Morgan fingerprint density at radius 2 is 1.89 bits per heavy atom. The number of aromatic carboxylic acids is 1. The van der Waals surface area contributed by atoms with E-state index in [-0.39, 0.29) is 34.8 Å². The molecule has 8 heteroatoms. The van der Waals surface area contributed by atoms with Gasteiger partial charge in [0.15, 0.2) is 0 Å². The monoisotopic (exact) mass is 289 g/mol. The van der Waals surface area contributed by atoms with Crippen molar-refractivity contribution in [3.05, 3.63) is 29.8 Å². The number of hydrogen-bond donors (Lipinski definition) is 4. The second-order valence-corrected chi connectivity index (χ2v) is 4.17. The van der Waals surface area contributed by atoms with Gasteiger partial charge in [0.2, 0.25) is 5.91 Å². The van der Waals surface area contributed by atoms with E-state index in [0.29, 0.717) is 5.69 Å². The Morgan fingerprint density at radius 1 is 1.33 bits per heavy atom. The number of halogens is 1. The molecule has 0 bridgehead atoms. The molecule has 0 radical (unpaired) electrons. The molecule has 0 heterocycles. The number of amides is 1. The molecule has 1 rings (SSSR count). The Labute approximate surface area is 114 Å². The van der Waals surface area contributed by atoms with Crippen LogP contribution in [0.15, 0.2) is 24.3 Å². The maximum atomic E-state index is 11.4. The van der Waals surface area contributed by atoms with E-state index in [1.807, 2.05) is 0 Å². The second kappa shape index (κ2) is 7.57. The number of nitrogens with one attached hydrogen (secondary N) is 1. The first kappa shape index (κ1) is 16.3.